The molecule has 0 unspecified atom stereocenters. The predicted molar refractivity (Wildman–Crippen MR) is 91.1 cm³/mol. The van der Waals surface area contributed by atoms with Crippen molar-refractivity contribution in [2.24, 2.45) is 0 Å². The summed E-state index contributed by atoms with van der Waals surface area (Å²) in [6.07, 6.45) is -0.968. The molecule has 1 aromatic heterocycles. The van der Waals surface area contributed by atoms with Crippen molar-refractivity contribution < 1.29 is 29.3 Å². The average Bonchev–Trinajstić information content (AvgIpc) is 3.00. The van der Waals surface area contributed by atoms with Crippen LogP contribution in [0.25, 0.3) is 0 Å². The molecule has 0 saturated carbocycles. The van der Waals surface area contributed by atoms with Gasteiger partial charge in [-0.15, -0.1) is 0 Å². The molecule has 0 spiro atoms. The van der Waals surface area contributed by atoms with E-state index in [-0.39, 0.29) is 30.0 Å². The van der Waals surface area contributed by atoms with Crippen molar-refractivity contribution in [3.8, 4) is 0 Å². The molecule has 0 amide bonds. The molecule has 1 fully saturated rings. The minimum absolute atomic E-state index is 0.0477. The summed E-state index contributed by atoms with van der Waals surface area (Å²) in [5, 5.41) is 19.0. The Balaban J connectivity index is 1.60. The number of aliphatic hydroxyl groups is 1. The van der Waals surface area contributed by atoms with Crippen LogP contribution in [0.1, 0.15) is 33.4 Å². The van der Waals surface area contributed by atoms with Gasteiger partial charge in [-0.05, 0) is 30.3 Å². The Labute approximate surface area is 152 Å². The van der Waals surface area contributed by atoms with Crippen LogP contribution in [0.15, 0.2) is 41.3 Å². The van der Waals surface area contributed by atoms with Crippen molar-refractivity contribution in [2.45, 2.75) is 24.9 Å². The molecule has 0 radical (unpaired) electrons. The van der Waals surface area contributed by atoms with Gasteiger partial charge in [0.15, 0.2) is 0 Å². The zero-order chi connectivity index (χ0) is 19.6. The Morgan fingerprint density at radius 2 is 1.93 bits per heavy atom. The first-order chi connectivity index (χ1) is 12.8. The van der Waals surface area contributed by atoms with Gasteiger partial charge in [-0.1, -0.05) is 0 Å². The van der Waals surface area contributed by atoms with Crippen LogP contribution in [0.5, 0.6) is 0 Å². The molecule has 1 aromatic carbocycles. The van der Waals surface area contributed by atoms with Crippen molar-refractivity contribution in [1.82, 2.24) is 9.55 Å². The number of carbonyl (C=O) groups is 2. The number of nitrogens with two attached hydrogens (primary N) is 1. The highest BCUT2D eigenvalue weighted by molar-refractivity contribution is 5.92. The lowest BCUT2D eigenvalue weighted by Gasteiger charge is -2.16. The monoisotopic (exact) mass is 375 g/mol. The maximum absolute atomic E-state index is 12.0. The van der Waals surface area contributed by atoms with Gasteiger partial charge in [-0.25, -0.2) is 14.4 Å². The van der Waals surface area contributed by atoms with Gasteiger partial charge in [0.2, 0.25) is 0 Å². The summed E-state index contributed by atoms with van der Waals surface area (Å²) in [6.45, 7) is -0.228. The third-order valence-corrected chi connectivity index (χ3v) is 4.11. The van der Waals surface area contributed by atoms with E-state index in [1.54, 1.807) is 0 Å². The van der Waals surface area contributed by atoms with Crippen molar-refractivity contribution in [1.29, 1.82) is 0 Å². The van der Waals surface area contributed by atoms with E-state index in [0.29, 0.717) is 0 Å². The summed E-state index contributed by atoms with van der Waals surface area (Å²) < 4.78 is 11.9. The quantitative estimate of drug-likeness (QED) is 0.614. The van der Waals surface area contributed by atoms with Crippen LogP contribution in [0.2, 0.25) is 0 Å². The number of carboxylic acids is 1. The molecular formula is C17H17N3O7. The molecule has 4 N–H and O–H groups in total. The fraction of sp³-hybridized carbons (Fsp3) is 0.294. The van der Waals surface area contributed by atoms with Crippen LogP contribution < -0.4 is 11.4 Å². The summed E-state index contributed by atoms with van der Waals surface area (Å²) in [5.74, 6) is -1.71. The average molecular weight is 375 g/mol. The highest BCUT2D eigenvalue weighted by Crippen LogP contribution is 2.28. The predicted octanol–water partition coefficient (Wildman–Crippen LogP) is 0.0291. The first kappa shape index (κ1) is 18.5. The number of hydrogen-bond acceptors (Lipinski definition) is 8. The standard InChI is InChI=1S/C17H17N3O7/c18-13-5-6-20(17(25)19-13)14-7-11(21)12(27-14)8-26-16(24)10-3-1-9(2-4-10)15(22)23/h1-6,11-12,14,21H,7-8H2,(H,22,23)(H2,18,19,25)/t11-,12+,14+/m0/s1. The van der Waals surface area contributed by atoms with Crippen molar-refractivity contribution in [2.75, 3.05) is 12.3 Å². The van der Waals surface area contributed by atoms with Gasteiger partial charge < -0.3 is 25.4 Å². The second-order valence-electron chi connectivity index (χ2n) is 5.96. The maximum atomic E-state index is 12.0. The second-order valence-corrected chi connectivity index (χ2v) is 5.96. The van der Waals surface area contributed by atoms with Gasteiger partial charge in [-0.2, -0.15) is 4.98 Å². The van der Waals surface area contributed by atoms with Gasteiger partial charge in [0.05, 0.1) is 17.2 Å². The van der Waals surface area contributed by atoms with Gasteiger partial charge in [-0.3, -0.25) is 4.57 Å². The summed E-state index contributed by atoms with van der Waals surface area (Å²) in [7, 11) is 0. The van der Waals surface area contributed by atoms with E-state index >= 15 is 0 Å². The topological polar surface area (TPSA) is 154 Å². The SMILES string of the molecule is Nc1ccn([C@H]2C[C@H](O)[C@@H](COC(=O)c3ccc(C(=O)O)cc3)O2)c(=O)n1. The normalized spacial score (nSPS) is 21.7. The minimum Gasteiger partial charge on any atom is -0.478 e. The Morgan fingerprint density at radius 3 is 2.56 bits per heavy atom. The first-order valence-corrected chi connectivity index (χ1v) is 8.04. The van der Waals surface area contributed by atoms with Crippen LogP contribution >= 0.6 is 0 Å². The number of ether oxygens (including phenoxy) is 2. The molecule has 1 aliphatic rings. The largest absolute Gasteiger partial charge is 0.478 e. The molecule has 1 aliphatic heterocycles. The molecule has 1 saturated heterocycles. The van der Waals surface area contributed by atoms with E-state index in [1.807, 2.05) is 0 Å². The van der Waals surface area contributed by atoms with Crippen LogP contribution in [0, 0.1) is 0 Å². The number of aromatic carboxylic acids is 1. The highest BCUT2D eigenvalue weighted by atomic mass is 16.6. The van der Waals surface area contributed by atoms with E-state index in [9.17, 15) is 19.5 Å². The lowest BCUT2D eigenvalue weighted by Crippen LogP contribution is -2.29. The lowest BCUT2D eigenvalue weighted by molar-refractivity contribution is -0.0531. The third kappa shape index (κ3) is 4.13. The first-order valence-electron chi connectivity index (χ1n) is 8.04. The Kier molecular flexibility index (Phi) is 5.19. The molecule has 2 aromatic rings. The number of carbonyl (C=O) groups excluding carboxylic acids is 1. The zero-order valence-corrected chi connectivity index (χ0v) is 14.0. The molecule has 0 bridgehead atoms. The van der Waals surface area contributed by atoms with Crippen LogP contribution in [0.4, 0.5) is 5.82 Å². The lowest BCUT2D eigenvalue weighted by atomic mass is 10.1. The number of esters is 1. The summed E-state index contributed by atoms with van der Waals surface area (Å²) in [6, 6.07) is 6.68. The number of hydrogen-bond donors (Lipinski definition) is 3. The third-order valence-electron chi connectivity index (χ3n) is 4.11. The van der Waals surface area contributed by atoms with Crippen molar-refractivity contribution >= 4 is 17.8 Å². The molecule has 0 aliphatic carbocycles. The van der Waals surface area contributed by atoms with Crippen LogP contribution in [-0.2, 0) is 9.47 Å². The van der Waals surface area contributed by atoms with Gasteiger partial charge in [0, 0.05) is 12.6 Å². The fourth-order valence-corrected chi connectivity index (χ4v) is 2.67. The van der Waals surface area contributed by atoms with Crippen LogP contribution in [0.3, 0.4) is 0 Å². The smallest absolute Gasteiger partial charge is 0.351 e. The molecule has 10 heteroatoms. The summed E-state index contributed by atoms with van der Waals surface area (Å²) in [5.41, 5.74) is 5.05. The van der Waals surface area contributed by atoms with Crippen molar-refractivity contribution in [3.05, 3.63) is 58.1 Å². The molecule has 3 atom stereocenters. The second kappa shape index (κ2) is 7.56. The molecular weight excluding hydrogens is 358 g/mol. The van der Waals surface area contributed by atoms with Gasteiger partial charge in [0.25, 0.3) is 0 Å². The molecule has 10 nitrogen and oxygen atoms in total. The number of anilines is 1. The number of nitrogens with zero attached hydrogens (tertiary/aromatic N) is 2. The molecule has 2 heterocycles. The molecule has 27 heavy (non-hydrogen) atoms. The number of aromatic nitrogens is 2. The van der Waals surface area contributed by atoms with Crippen molar-refractivity contribution in [3.63, 3.8) is 0 Å². The van der Waals surface area contributed by atoms with Gasteiger partial charge in [0.1, 0.15) is 24.8 Å². The number of rotatable bonds is 5. The van der Waals surface area contributed by atoms with E-state index in [1.165, 1.54) is 41.1 Å². The van der Waals surface area contributed by atoms with E-state index in [2.05, 4.69) is 4.98 Å². The van der Waals surface area contributed by atoms with Gasteiger partial charge >= 0.3 is 17.6 Å². The van der Waals surface area contributed by atoms with E-state index in [0.717, 1.165) is 0 Å². The van der Waals surface area contributed by atoms with E-state index < -0.39 is 36.1 Å². The molecule has 3 rings (SSSR count). The zero-order valence-electron chi connectivity index (χ0n) is 14.0. The summed E-state index contributed by atoms with van der Waals surface area (Å²) >= 11 is 0. The Morgan fingerprint density at radius 1 is 1.26 bits per heavy atom. The summed E-state index contributed by atoms with van der Waals surface area (Å²) in [4.78, 5) is 38.3. The van der Waals surface area contributed by atoms with Crippen LogP contribution in [-0.4, -0.2) is 50.5 Å². The highest BCUT2D eigenvalue weighted by Gasteiger charge is 2.36. The maximum Gasteiger partial charge on any atom is 0.351 e. The number of aliphatic hydroxyl groups excluding tert-OH is 1. The number of benzene rings is 1. The van der Waals surface area contributed by atoms with E-state index in [4.69, 9.17) is 20.3 Å². The minimum atomic E-state index is -1.10. The fourth-order valence-electron chi connectivity index (χ4n) is 2.67. The Bertz CT molecular complexity index is 909. The Hall–Kier alpha value is -3.24. The molecule has 142 valence electrons. The number of carboxylic acid groups (broad SMARTS) is 1. The number of nitrogen functional groups attached to an aromatic ring is 1.